The lowest BCUT2D eigenvalue weighted by Crippen LogP contribution is -2.04. The molecule has 2 aromatic heterocycles. The average Bonchev–Trinajstić information content (AvgIpc) is 2.45. The average molecular weight is 244 g/mol. The van der Waals surface area contributed by atoms with E-state index in [2.05, 4.69) is 27.2 Å². The van der Waals surface area contributed by atoms with Crippen LogP contribution in [-0.2, 0) is 0 Å². The van der Waals surface area contributed by atoms with Crippen LogP contribution >= 0.6 is 0 Å². The van der Waals surface area contributed by atoms with Gasteiger partial charge in [-0.3, -0.25) is 0 Å². The minimum absolute atomic E-state index is 0.595. The van der Waals surface area contributed by atoms with E-state index in [4.69, 9.17) is 4.74 Å². The number of pyridine rings is 1. The highest BCUT2D eigenvalue weighted by Crippen LogP contribution is 2.18. The third kappa shape index (κ3) is 2.94. The monoisotopic (exact) mass is 244 g/mol. The number of methoxy groups -OCH3 is 1. The second kappa shape index (κ2) is 5.95. The molecule has 5 heteroatoms. The fraction of sp³-hybridized carbons (Fsp3) is 0.308. The van der Waals surface area contributed by atoms with Crippen LogP contribution in [0.5, 0.6) is 5.88 Å². The Bertz CT molecular complexity index is 499. The van der Waals surface area contributed by atoms with Crippen molar-refractivity contribution in [3.05, 3.63) is 30.6 Å². The molecule has 2 rings (SSSR count). The van der Waals surface area contributed by atoms with Gasteiger partial charge < -0.3 is 10.1 Å². The molecule has 0 bridgehead atoms. The molecule has 0 atom stereocenters. The summed E-state index contributed by atoms with van der Waals surface area (Å²) in [7, 11) is 1.60. The van der Waals surface area contributed by atoms with Crippen LogP contribution in [-0.4, -0.2) is 28.6 Å². The number of anilines is 1. The fourth-order valence-electron chi connectivity index (χ4n) is 1.49. The number of nitrogens with zero attached hydrogens (tertiary/aromatic N) is 3. The molecule has 2 heterocycles. The van der Waals surface area contributed by atoms with Gasteiger partial charge in [0, 0.05) is 30.6 Å². The van der Waals surface area contributed by atoms with Crippen molar-refractivity contribution >= 4 is 5.95 Å². The van der Waals surface area contributed by atoms with E-state index in [-0.39, 0.29) is 0 Å². The summed E-state index contributed by atoms with van der Waals surface area (Å²) in [6.45, 7) is 2.97. The third-order valence-electron chi connectivity index (χ3n) is 2.43. The highest BCUT2D eigenvalue weighted by Gasteiger charge is 2.02. The molecule has 0 aliphatic carbocycles. The Kier molecular flexibility index (Phi) is 4.06. The van der Waals surface area contributed by atoms with Gasteiger partial charge in [-0.2, -0.15) is 0 Å². The van der Waals surface area contributed by atoms with Gasteiger partial charge in [0.05, 0.1) is 12.8 Å². The Morgan fingerprint density at radius 1 is 1.22 bits per heavy atom. The van der Waals surface area contributed by atoms with Crippen LogP contribution in [0.3, 0.4) is 0 Å². The molecule has 0 aliphatic heterocycles. The molecule has 0 aromatic carbocycles. The fourth-order valence-corrected chi connectivity index (χ4v) is 1.49. The molecule has 0 aliphatic rings. The van der Waals surface area contributed by atoms with E-state index in [1.165, 1.54) is 0 Å². The van der Waals surface area contributed by atoms with E-state index in [0.29, 0.717) is 11.8 Å². The summed E-state index contributed by atoms with van der Waals surface area (Å²) < 4.78 is 5.03. The van der Waals surface area contributed by atoms with Crippen LogP contribution in [0.1, 0.15) is 13.3 Å². The maximum absolute atomic E-state index is 5.03. The van der Waals surface area contributed by atoms with Gasteiger partial charge >= 0.3 is 0 Å². The summed E-state index contributed by atoms with van der Waals surface area (Å²) >= 11 is 0. The summed E-state index contributed by atoms with van der Waals surface area (Å²) in [6, 6.07) is 5.61. The first-order valence-corrected chi connectivity index (χ1v) is 5.91. The smallest absolute Gasteiger partial charge is 0.223 e. The molecular weight excluding hydrogens is 228 g/mol. The molecule has 5 nitrogen and oxygen atoms in total. The number of hydrogen-bond donors (Lipinski definition) is 1. The standard InChI is InChI=1S/C13H16N4O/c1-3-7-14-13-15-8-6-11(17-13)10-4-5-12(18-2)16-9-10/h4-6,8-9H,3,7H2,1-2H3,(H,14,15,17). The molecule has 1 N–H and O–H groups in total. The molecule has 0 fully saturated rings. The highest BCUT2D eigenvalue weighted by molar-refractivity contribution is 5.59. The van der Waals surface area contributed by atoms with Gasteiger partial charge in [0.2, 0.25) is 11.8 Å². The van der Waals surface area contributed by atoms with Crippen molar-refractivity contribution in [2.24, 2.45) is 0 Å². The number of aromatic nitrogens is 3. The van der Waals surface area contributed by atoms with E-state index < -0.39 is 0 Å². The summed E-state index contributed by atoms with van der Waals surface area (Å²) in [4.78, 5) is 12.8. The third-order valence-corrected chi connectivity index (χ3v) is 2.43. The lowest BCUT2D eigenvalue weighted by atomic mass is 10.2. The Morgan fingerprint density at radius 2 is 2.11 bits per heavy atom. The van der Waals surface area contributed by atoms with Gasteiger partial charge in [-0.15, -0.1) is 0 Å². The van der Waals surface area contributed by atoms with Gasteiger partial charge in [-0.25, -0.2) is 15.0 Å². The molecule has 0 saturated carbocycles. The van der Waals surface area contributed by atoms with Crippen molar-refractivity contribution in [1.82, 2.24) is 15.0 Å². The minimum atomic E-state index is 0.595. The number of rotatable bonds is 5. The lowest BCUT2D eigenvalue weighted by Gasteiger charge is -2.05. The van der Waals surface area contributed by atoms with E-state index in [0.717, 1.165) is 24.2 Å². The largest absolute Gasteiger partial charge is 0.481 e. The zero-order valence-electron chi connectivity index (χ0n) is 10.6. The normalized spacial score (nSPS) is 10.1. The van der Waals surface area contributed by atoms with E-state index >= 15 is 0 Å². The molecule has 2 aromatic rings. The molecule has 0 unspecified atom stereocenters. The first-order valence-electron chi connectivity index (χ1n) is 5.91. The van der Waals surface area contributed by atoms with Gasteiger partial charge in [-0.05, 0) is 18.6 Å². The molecular formula is C13H16N4O. The second-order valence-corrected chi connectivity index (χ2v) is 3.78. The number of hydrogen-bond acceptors (Lipinski definition) is 5. The van der Waals surface area contributed by atoms with Crippen molar-refractivity contribution < 1.29 is 4.74 Å². The molecule has 0 amide bonds. The molecule has 0 spiro atoms. The first-order chi connectivity index (χ1) is 8.83. The Labute approximate surface area is 106 Å². The molecule has 0 radical (unpaired) electrons. The quantitative estimate of drug-likeness (QED) is 0.875. The van der Waals surface area contributed by atoms with Crippen molar-refractivity contribution in [3.8, 4) is 17.1 Å². The van der Waals surface area contributed by atoms with Crippen LogP contribution in [0.4, 0.5) is 5.95 Å². The zero-order valence-corrected chi connectivity index (χ0v) is 10.6. The van der Waals surface area contributed by atoms with Crippen LogP contribution in [0.15, 0.2) is 30.6 Å². The van der Waals surface area contributed by atoms with Crippen LogP contribution in [0.25, 0.3) is 11.3 Å². The van der Waals surface area contributed by atoms with E-state index in [1.807, 2.05) is 18.2 Å². The topological polar surface area (TPSA) is 59.9 Å². The van der Waals surface area contributed by atoms with Gasteiger partial charge in [-0.1, -0.05) is 6.92 Å². The number of nitrogens with one attached hydrogen (secondary N) is 1. The van der Waals surface area contributed by atoms with Crippen LogP contribution in [0, 0.1) is 0 Å². The second-order valence-electron chi connectivity index (χ2n) is 3.78. The lowest BCUT2D eigenvalue weighted by molar-refractivity contribution is 0.398. The Morgan fingerprint density at radius 3 is 2.78 bits per heavy atom. The predicted octanol–water partition coefficient (Wildman–Crippen LogP) is 2.37. The van der Waals surface area contributed by atoms with Crippen molar-refractivity contribution in [2.75, 3.05) is 19.0 Å². The van der Waals surface area contributed by atoms with Crippen molar-refractivity contribution in [3.63, 3.8) is 0 Å². The first kappa shape index (κ1) is 12.3. The summed E-state index contributed by atoms with van der Waals surface area (Å²) in [5.74, 6) is 1.24. The Hall–Kier alpha value is -2.17. The Balaban J connectivity index is 2.20. The maximum Gasteiger partial charge on any atom is 0.223 e. The van der Waals surface area contributed by atoms with Crippen molar-refractivity contribution in [1.29, 1.82) is 0 Å². The molecule has 0 saturated heterocycles. The van der Waals surface area contributed by atoms with E-state index in [9.17, 15) is 0 Å². The summed E-state index contributed by atoms with van der Waals surface area (Å²) in [5, 5.41) is 3.16. The summed E-state index contributed by atoms with van der Waals surface area (Å²) in [6.07, 6.45) is 4.52. The van der Waals surface area contributed by atoms with Crippen molar-refractivity contribution in [2.45, 2.75) is 13.3 Å². The van der Waals surface area contributed by atoms with E-state index in [1.54, 1.807) is 19.5 Å². The van der Waals surface area contributed by atoms with Crippen LogP contribution < -0.4 is 10.1 Å². The van der Waals surface area contributed by atoms with Gasteiger partial charge in [0.1, 0.15) is 0 Å². The minimum Gasteiger partial charge on any atom is -0.481 e. The maximum atomic E-state index is 5.03. The summed E-state index contributed by atoms with van der Waals surface area (Å²) in [5.41, 5.74) is 1.79. The predicted molar refractivity (Wildman–Crippen MR) is 70.6 cm³/mol. The zero-order chi connectivity index (χ0) is 12.8. The van der Waals surface area contributed by atoms with Gasteiger partial charge in [0.15, 0.2) is 0 Å². The SMILES string of the molecule is CCCNc1nccc(-c2ccc(OC)nc2)n1. The molecule has 18 heavy (non-hydrogen) atoms. The molecule has 94 valence electrons. The van der Waals surface area contributed by atoms with Crippen LogP contribution in [0.2, 0.25) is 0 Å². The van der Waals surface area contributed by atoms with Gasteiger partial charge in [0.25, 0.3) is 0 Å². The highest BCUT2D eigenvalue weighted by atomic mass is 16.5. The number of ether oxygens (including phenoxy) is 1.